The molecule has 3 amide bonds. The summed E-state index contributed by atoms with van der Waals surface area (Å²) in [5.41, 5.74) is 5.34. The zero-order valence-corrected chi connectivity index (χ0v) is 12.8. The van der Waals surface area contributed by atoms with Crippen LogP contribution in [0.25, 0.3) is 0 Å². The summed E-state index contributed by atoms with van der Waals surface area (Å²) in [6.45, 7) is 4.20. The van der Waals surface area contributed by atoms with E-state index in [2.05, 4.69) is 10.7 Å². The SMILES string of the molecule is Cc1cccc(NN)c1CN(C=O)C(C)CCC(=O)NC=O. The van der Waals surface area contributed by atoms with Crippen molar-refractivity contribution < 1.29 is 14.4 Å². The molecule has 0 saturated carbocycles. The number of anilines is 1. The molecule has 1 aromatic carbocycles. The van der Waals surface area contributed by atoms with Gasteiger partial charge in [-0.1, -0.05) is 12.1 Å². The predicted molar refractivity (Wildman–Crippen MR) is 83.5 cm³/mol. The van der Waals surface area contributed by atoms with E-state index in [1.165, 1.54) is 0 Å². The lowest BCUT2D eigenvalue weighted by atomic mass is 10.0. The van der Waals surface area contributed by atoms with Crippen molar-refractivity contribution >= 4 is 24.4 Å². The molecule has 0 aromatic heterocycles. The maximum absolute atomic E-state index is 11.3. The Labute approximate surface area is 129 Å². The Morgan fingerprint density at radius 2 is 2.14 bits per heavy atom. The average Bonchev–Trinajstić information content (AvgIpc) is 2.51. The third-order valence-corrected chi connectivity index (χ3v) is 3.62. The fraction of sp³-hybridized carbons (Fsp3) is 0.400. The van der Waals surface area contributed by atoms with Crippen LogP contribution in [-0.4, -0.2) is 29.7 Å². The summed E-state index contributed by atoms with van der Waals surface area (Å²) in [6.07, 6.45) is 1.77. The summed E-state index contributed by atoms with van der Waals surface area (Å²) in [7, 11) is 0. The number of aryl methyl sites for hydroxylation is 1. The van der Waals surface area contributed by atoms with E-state index in [4.69, 9.17) is 5.84 Å². The lowest BCUT2D eigenvalue weighted by Crippen LogP contribution is -2.33. The summed E-state index contributed by atoms with van der Waals surface area (Å²) < 4.78 is 0. The lowest BCUT2D eigenvalue weighted by Gasteiger charge is -2.26. The number of nitrogens with two attached hydrogens (primary N) is 1. The molecule has 0 saturated heterocycles. The number of nitrogen functional groups attached to an aromatic ring is 1. The first kappa shape index (κ1) is 17.6. The Bertz CT molecular complexity index is 534. The van der Waals surface area contributed by atoms with Gasteiger partial charge in [0, 0.05) is 19.0 Å². The van der Waals surface area contributed by atoms with Crippen molar-refractivity contribution in [3.8, 4) is 0 Å². The second-order valence-electron chi connectivity index (χ2n) is 5.10. The smallest absolute Gasteiger partial charge is 0.226 e. The topological polar surface area (TPSA) is 105 Å². The zero-order chi connectivity index (χ0) is 16.5. The molecule has 0 radical (unpaired) electrons. The van der Waals surface area contributed by atoms with Crippen LogP contribution >= 0.6 is 0 Å². The molecule has 0 aliphatic carbocycles. The van der Waals surface area contributed by atoms with Gasteiger partial charge in [0.15, 0.2) is 0 Å². The first-order valence-corrected chi connectivity index (χ1v) is 7.02. The number of amides is 3. The molecule has 4 N–H and O–H groups in total. The van der Waals surface area contributed by atoms with Crippen LogP contribution in [0.2, 0.25) is 0 Å². The normalized spacial score (nSPS) is 11.4. The molecule has 0 spiro atoms. The Hall–Kier alpha value is -2.41. The molecule has 1 unspecified atom stereocenters. The number of nitrogens with zero attached hydrogens (tertiary/aromatic N) is 1. The van der Waals surface area contributed by atoms with Gasteiger partial charge in [-0.05, 0) is 37.5 Å². The molecule has 1 atom stereocenters. The van der Waals surface area contributed by atoms with Crippen molar-refractivity contribution in [1.29, 1.82) is 0 Å². The van der Waals surface area contributed by atoms with Crippen LogP contribution in [-0.2, 0) is 20.9 Å². The Morgan fingerprint density at radius 1 is 1.41 bits per heavy atom. The maximum atomic E-state index is 11.3. The summed E-state index contributed by atoms with van der Waals surface area (Å²) in [6, 6.07) is 5.53. The number of nitrogens with one attached hydrogen (secondary N) is 2. The zero-order valence-electron chi connectivity index (χ0n) is 12.8. The highest BCUT2D eigenvalue weighted by Gasteiger charge is 2.16. The monoisotopic (exact) mass is 306 g/mol. The van der Waals surface area contributed by atoms with E-state index in [1.807, 2.05) is 32.0 Å². The van der Waals surface area contributed by atoms with Gasteiger partial charge in [0.25, 0.3) is 0 Å². The van der Waals surface area contributed by atoms with Crippen molar-refractivity contribution in [2.75, 3.05) is 5.43 Å². The summed E-state index contributed by atoms with van der Waals surface area (Å²) >= 11 is 0. The molecule has 7 nitrogen and oxygen atoms in total. The number of rotatable bonds is 9. The molecule has 0 fully saturated rings. The van der Waals surface area contributed by atoms with Crippen LogP contribution in [0.5, 0.6) is 0 Å². The Balaban J connectivity index is 2.74. The Kier molecular flexibility index (Phi) is 7.04. The highest BCUT2D eigenvalue weighted by atomic mass is 16.2. The fourth-order valence-corrected chi connectivity index (χ4v) is 2.17. The fourth-order valence-electron chi connectivity index (χ4n) is 2.17. The lowest BCUT2D eigenvalue weighted by molar-refractivity contribution is -0.126. The molecule has 0 heterocycles. The molecule has 0 aliphatic heterocycles. The van der Waals surface area contributed by atoms with Gasteiger partial charge in [-0.3, -0.25) is 25.5 Å². The van der Waals surface area contributed by atoms with Gasteiger partial charge in [-0.25, -0.2) is 0 Å². The maximum Gasteiger partial charge on any atom is 0.226 e. The quantitative estimate of drug-likeness (QED) is 0.353. The number of carbonyl (C=O) groups is 3. The van der Waals surface area contributed by atoms with E-state index in [0.29, 0.717) is 19.4 Å². The number of carbonyl (C=O) groups excluding carboxylic acids is 3. The van der Waals surface area contributed by atoms with Crippen LogP contribution in [0.15, 0.2) is 18.2 Å². The minimum atomic E-state index is -0.354. The third kappa shape index (κ3) is 4.85. The third-order valence-electron chi connectivity index (χ3n) is 3.62. The van der Waals surface area contributed by atoms with Crippen molar-refractivity contribution in [2.24, 2.45) is 5.84 Å². The largest absolute Gasteiger partial charge is 0.338 e. The molecule has 0 aliphatic rings. The number of hydrogen-bond acceptors (Lipinski definition) is 5. The number of imide groups is 1. The van der Waals surface area contributed by atoms with Gasteiger partial charge >= 0.3 is 0 Å². The second kappa shape index (κ2) is 8.78. The van der Waals surface area contributed by atoms with Gasteiger partial charge in [0.05, 0.1) is 5.69 Å². The second-order valence-corrected chi connectivity index (χ2v) is 5.10. The van der Waals surface area contributed by atoms with E-state index in [9.17, 15) is 14.4 Å². The molecule has 120 valence electrons. The van der Waals surface area contributed by atoms with E-state index < -0.39 is 0 Å². The van der Waals surface area contributed by atoms with Crippen LogP contribution in [0.3, 0.4) is 0 Å². The molecular weight excluding hydrogens is 284 g/mol. The van der Waals surface area contributed by atoms with Gasteiger partial charge in [-0.2, -0.15) is 0 Å². The number of hydrazine groups is 1. The summed E-state index contributed by atoms with van der Waals surface area (Å²) in [5.74, 6) is 5.15. The van der Waals surface area contributed by atoms with Gasteiger partial charge in [0.2, 0.25) is 18.7 Å². The van der Waals surface area contributed by atoms with Gasteiger partial charge < -0.3 is 10.3 Å². The first-order chi connectivity index (χ1) is 10.5. The molecule has 1 rings (SSSR count). The van der Waals surface area contributed by atoms with E-state index >= 15 is 0 Å². The molecule has 1 aromatic rings. The van der Waals surface area contributed by atoms with Crippen LogP contribution in [0.4, 0.5) is 5.69 Å². The number of hydrogen-bond donors (Lipinski definition) is 3. The molecular formula is C15H22N4O3. The highest BCUT2D eigenvalue weighted by Crippen LogP contribution is 2.21. The summed E-state index contributed by atoms with van der Waals surface area (Å²) in [5, 5.41) is 2.08. The van der Waals surface area contributed by atoms with E-state index in [1.54, 1.807) is 4.90 Å². The Morgan fingerprint density at radius 3 is 2.73 bits per heavy atom. The molecule has 22 heavy (non-hydrogen) atoms. The van der Waals surface area contributed by atoms with Crippen molar-refractivity contribution in [3.05, 3.63) is 29.3 Å². The average molecular weight is 306 g/mol. The van der Waals surface area contributed by atoms with E-state index in [0.717, 1.165) is 23.2 Å². The van der Waals surface area contributed by atoms with Gasteiger partial charge in [0.1, 0.15) is 0 Å². The van der Waals surface area contributed by atoms with Crippen LogP contribution in [0.1, 0.15) is 30.9 Å². The highest BCUT2D eigenvalue weighted by molar-refractivity contribution is 5.85. The van der Waals surface area contributed by atoms with E-state index in [-0.39, 0.29) is 18.4 Å². The van der Waals surface area contributed by atoms with Crippen molar-refractivity contribution in [2.45, 2.75) is 39.3 Å². The standard InChI is InChI=1S/C15H22N4O3/c1-11-4-3-5-14(18-16)13(11)8-19(10-21)12(2)6-7-15(22)17-9-20/h3-5,9-10,12,18H,6-8,16H2,1-2H3,(H,17,20,22). The van der Waals surface area contributed by atoms with Crippen LogP contribution in [0, 0.1) is 6.92 Å². The molecule has 7 heteroatoms. The predicted octanol–water partition coefficient (Wildman–Crippen LogP) is 0.680. The van der Waals surface area contributed by atoms with Crippen LogP contribution < -0.4 is 16.6 Å². The van der Waals surface area contributed by atoms with Crippen molar-refractivity contribution in [1.82, 2.24) is 10.2 Å². The summed E-state index contributed by atoms with van der Waals surface area (Å²) in [4.78, 5) is 34.4. The molecule has 0 bridgehead atoms. The number of benzene rings is 1. The minimum Gasteiger partial charge on any atom is -0.338 e. The minimum absolute atomic E-state index is 0.139. The first-order valence-electron chi connectivity index (χ1n) is 7.02. The van der Waals surface area contributed by atoms with Crippen molar-refractivity contribution in [3.63, 3.8) is 0 Å². The van der Waals surface area contributed by atoms with Gasteiger partial charge in [-0.15, -0.1) is 0 Å².